The first-order valence-corrected chi connectivity index (χ1v) is 21.9. The summed E-state index contributed by atoms with van der Waals surface area (Å²) < 4.78 is 22.8. The maximum absolute atomic E-state index is 12.8. The van der Waals surface area contributed by atoms with Gasteiger partial charge in [0.05, 0.1) is 19.8 Å². The van der Waals surface area contributed by atoms with Gasteiger partial charge in [-0.3, -0.25) is 4.79 Å². The number of ether oxygens (including phenoxy) is 4. The highest BCUT2D eigenvalue weighted by atomic mass is 16.7. The van der Waals surface area contributed by atoms with Gasteiger partial charge in [-0.15, -0.1) is 0 Å². The van der Waals surface area contributed by atoms with Gasteiger partial charge in [-0.05, 0) is 57.8 Å². The molecular formula is C44H82O9. The van der Waals surface area contributed by atoms with E-state index >= 15 is 0 Å². The molecule has 0 spiro atoms. The third kappa shape index (κ3) is 27.8. The predicted molar refractivity (Wildman–Crippen MR) is 215 cm³/mol. The number of aliphatic hydroxyl groups excluding tert-OH is 4. The monoisotopic (exact) mass is 755 g/mol. The van der Waals surface area contributed by atoms with Gasteiger partial charge in [-0.25, -0.2) is 0 Å². The fourth-order valence-corrected chi connectivity index (χ4v) is 6.58. The van der Waals surface area contributed by atoms with E-state index in [9.17, 15) is 25.2 Å². The van der Waals surface area contributed by atoms with Crippen LogP contribution in [-0.2, 0) is 23.7 Å². The zero-order valence-corrected chi connectivity index (χ0v) is 34.0. The third-order valence-corrected chi connectivity index (χ3v) is 10.1. The molecule has 4 N–H and O–H groups in total. The Kier molecular flexibility index (Phi) is 34.0. The third-order valence-electron chi connectivity index (χ3n) is 10.1. The largest absolute Gasteiger partial charge is 0.457 e. The molecule has 1 fully saturated rings. The number of allylic oxidation sites excluding steroid dienone is 4. The average Bonchev–Trinajstić information content (AvgIpc) is 3.16. The quantitative estimate of drug-likeness (QED) is 0.0278. The number of aliphatic hydroxyl groups is 4. The van der Waals surface area contributed by atoms with Gasteiger partial charge in [0.15, 0.2) is 6.29 Å². The normalized spacial score (nSPS) is 21.2. The summed E-state index contributed by atoms with van der Waals surface area (Å²) in [6.07, 6.45) is 33.4. The molecule has 0 amide bonds. The summed E-state index contributed by atoms with van der Waals surface area (Å²) in [6, 6.07) is 0. The van der Waals surface area contributed by atoms with E-state index < -0.39 is 43.4 Å². The van der Waals surface area contributed by atoms with Crippen molar-refractivity contribution in [3.8, 4) is 0 Å². The van der Waals surface area contributed by atoms with E-state index in [0.717, 1.165) is 44.9 Å². The zero-order valence-electron chi connectivity index (χ0n) is 34.0. The lowest BCUT2D eigenvalue weighted by Gasteiger charge is -2.39. The molecule has 0 aromatic carbocycles. The van der Waals surface area contributed by atoms with Crippen molar-refractivity contribution in [1.29, 1.82) is 0 Å². The van der Waals surface area contributed by atoms with Gasteiger partial charge in [-0.1, -0.05) is 147 Å². The second kappa shape index (κ2) is 36.3. The van der Waals surface area contributed by atoms with Gasteiger partial charge in [0.1, 0.15) is 30.5 Å². The van der Waals surface area contributed by atoms with Gasteiger partial charge >= 0.3 is 5.97 Å². The molecule has 6 unspecified atom stereocenters. The maximum Gasteiger partial charge on any atom is 0.306 e. The second-order valence-electron chi connectivity index (χ2n) is 15.1. The highest BCUT2D eigenvalue weighted by Crippen LogP contribution is 2.22. The smallest absolute Gasteiger partial charge is 0.306 e. The molecule has 0 bridgehead atoms. The summed E-state index contributed by atoms with van der Waals surface area (Å²) in [5.74, 6) is -0.320. The number of unbranched alkanes of at least 4 members (excludes halogenated alkanes) is 22. The standard InChI is InChI=1S/C44H82O9/c1-3-5-7-9-11-13-15-17-18-19-20-21-22-23-25-27-29-31-33-40(46)52-38(37-51-44-43(49)42(48)41(47)39(35-45)53-44)36-50-34-32-30-28-26-24-16-14-12-10-8-6-4-2/h10,12,18-19,38-39,41-45,47-49H,3-9,11,13-17,20-37H2,1-2H3/b12-10-,19-18-. The van der Waals surface area contributed by atoms with E-state index in [1.54, 1.807) is 0 Å². The summed E-state index contributed by atoms with van der Waals surface area (Å²) in [5.41, 5.74) is 0. The number of hydrogen-bond acceptors (Lipinski definition) is 9. The molecule has 53 heavy (non-hydrogen) atoms. The van der Waals surface area contributed by atoms with E-state index in [0.29, 0.717) is 13.0 Å². The van der Waals surface area contributed by atoms with Crippen LogP contribution in [0.2, 0.25) is 0 Å². The average molecular weight is 755 g/mol. The number of hydrogen-bond donors (Lipinski definition) is 4. The van der Waals surface area contributed by atoms with E-state index in [-0.39, 0.29) is 19.2 Å². The Labute approximate surface area is 324 Å². The number of carbonyl (C=O) groups excluding carboxylic acids is 1. The number of rotatable bonds is 37. The van der Waals surface area contributed by atoms with Gasteiger partial charge in [0, 0.05) is 13.0 Å². The highest BCUT2D eigenvalue weighted by Gasteiger charge is 2.44. The van der Waals surface area contributed by atoms with Crippen LogP contribution in [0.15, 0.2) is 24.3 Å². The van der Waals surface area contributed by atoms with E-state index in [1.807, 2.05) is 0 Å². The first-order valence-electron chi connectivity index (χ1n) is 21.9. The summed E-state index contributed by atoms with van der Waals surface area (Å²) in [6.45, 7) is 4.51. The Balaban J connectivity index is 2.26. The van der Waals surface area contributed by atoms with Crippen molar-refractivity contribution in [2.75, 3.05) is 26.4 Å². The molecule has 9 nitrogen and oxygen atoms in total. The van der Waals surface area contributed by atoms with Crippen LogP contribution in [0.1, 0.15) is 187 Å². The molecule has 6 atom stereocenters. The predicted octanol–water partition coefficient (Wildman–Crippen LogP) is 9.42. The van der Waals surface area contributed by atoms with Crippen molar-refractivity contribution in [2.45, 2.75) is 224 Å². The molecule has 0 aliphatic carbocycles. The van der Waals surface area contributed by atoms with Crippen LogP contribution >= 0.6 is 0 Å². The van der Waals surface area contributed by atoms with Crippen LogP contribution in [0.3, 0.4) is 0 Å². The molecule has 1 aliphatic rings. The highest BCUT2D eigenvalue weighted by molar-refractivity contribution is 5.69. The van der Waals surface area contributed by atoms with Crippen LogP contribution in [0.5, 0.6) is 0 Å². The molecule has 1 rings (SSSR count). The van der Waals surface area contributed by atoms with Crippen LogP contribution in [0, 0.1) is 0 Å². The maximum atomic E-state index is 12.8. The molecule has 1 saturated heterocycles. The molecule has 1 heterocycles. The lowest BCUT2D eigenvalue weighted by atomic mass is 9.99. The van der Waals surface area contributed by atoms with Gasteiger partial charge < -0.3 is 39.4 Å². The molecular weight excluding hydrogens is 672 g/mol. The van der Waals surface area contributed by atoms with Crippen LogP contribution in [0.4, 0.5) is 0 Å². The van der Waals surface area contributed by atoms with Crippen LogP contribution in [-0.4, -0.2) is 89.6 Å². The molecule has 0 aromatic heterocycles. The van der Waals surface area contributed by atoms with Crippen molar-refractivity contribution in [1.82, 2.24) is 0 Å². The zero-order chi connectivity index (χ0) is 38.6. The van der Waals surface area contributed by atoms with Gasteiger partial charge in [0.2, 0.25) is 0 Å². The topological polar surface area (TPSA) is 135 Å². The van der Waals surface area contributed by atoms with Crippen molar-refractivity contribution >= 4 is 5.97 Å². The molecule has 0 saturated carbocycles. The lowest BCUT2D eigenvalue weighted by molar-refractivity contribution is -0.305. The summed E-state index contributed by atoms with van der Waals surface area (Å²) in [7, 11) is 0. The minimum Gasteiger partial charge on any atom is -0.457 e. The fraction of sp³-hybridized carbons (Fsp3) is 0.886. The van der Waals surface area contributed by atoms with Crippen molar-refractivity contribution in [3.05, 3.63) is 24.3 Å². The molecule has 9 heteroatoms. The van der Waals surface area contributed by atoms with E-state index in [1.165, 1.54) is 122 Å². The Morgan fingerprint density at radius 3 is 1.58 bits per heavy atom. The lowest BCUT2D eigenvalue weighted by Crippen LogP contribution is -2.59. The van der Waals surface area contributed by atoms with Gasteiger partial charge in [-0.2, -0.15) is 0 Å². The number of carbonyl (C=O) groups is 1. The summed E-state index contributed by atoms with van der Waals surface area (Å²) in [5, 5.41) is 40.0. The minimum atomic E-state index is -1.54. The summed E-state index contributed by atoms with van der Waals surface area (Å²) in [4.78, 5) is 12.8. The van der Waals surface area contributed by atoms with Gasteiger partial charge in [0.25, 0.3) is 0 Å². The van der Waals surface area contributed by atoms with Crippen molar-refractivity contribution in [2.24, 2.45) is 0 Å². The molecule has 1 aliphatic heterocycles. The first-order chi connectivity index (χ1) is 25.9. The van der Waals surface area contributed by atoms with E-state index in [2.05, 4.69) is 38.2 Å². The SMILES string of the molecule is CCCC/C=C\CCCCCCCCOCC(COC1OC(CO)C(O)C(O)C1O)OC(=O)CCCCCCCCC/C=C\CCCCCCCCC. The Morgan fingerprint density at radius 1 is 0.585 bits per heavy atom. The molecule has 0 aromatic rings. The Hall–Kier alpha value is -1.33. The second-order valence-corrected chi connectivity index (χ2v) is 15.1. The Bertz CT molecular complexity index is 864. The van der Waals surface area contributed by atoms with Crippen molar-refractivity contribution in [3.63, 3.8) is 0 Å². The summed E-state index contributed by atoms with van der Waals surface area (Å²) >= 11 is 0. The van der Waals surface area contributed by atoms with Crippen molar-refractivity contribution < 1.29 is 44.2 Å². The minimum absolute atomic E-state index is 0.115. The first kappa shape index (κ1) is 49.7. The molecule has 0 radical (unpaired) electrons. The van der Waals surface area contributed by atoms with Crippen LogP contribution < -0.4 is 0 Å². The van der Waals surface area contributed by atoms with Crippen LogP contribution in [0.25, 0.3) is 0 Å². The Morgan fingerprint density at radius 2 is 1.06 bits per heavy atom. The van der Waals surface area contributed by atoms with E-state index in [4.69, 9.17) is 18.9 Å². The molecule has 312 valence electrons. The number of esters is 1. The fourth-order valence-electron chi connectivity index (χ4n) is 6.58.